The van der Waals surface area contributed by atoms with Gasteiger partial charge in [0.1, 0.15) is 6.04 Å². The van der Waals surface area contributed by atoms with Gasteiger partial charge in [-0.1, -0.05) is 30.9 Å². The number of carbonyl (C=O) groups excluding carboxylic acids is 1. The minimum Gasteiger partial charge on any atom is -0.368 e. The number of rotatable bonds is 3. The van der Waals surface area contributed by atoms with Crippen molar-refractivity contribution >= 4 is 16.8 Å². The molecule has 1 aromatic heterocycles. The number of primary amides is 1. The number of hydrogen-bond acceptors (Lipinski definition) is 2. The molecule has 1 fully saturated rings. The summed E-state index contributed by atoms with van der Waals surface area (Å²) in [6, 6.07) is 6.48. The van der Waals surface area contributed by atoms with Gasteiger partial charge in [0.25, 0.3) is 0 Å². The van der Waals surface area contributed by atoms with Gasteiger partial charge in [-0.25, -0.2) is 0 Å². The molecule has 1 unspecified atom stereocenters. The van der Waals surface area contributed by atoms with E-state index >= 15 is 0 Å². The van der Waals surface area contributed by atoms with Crippen molar-refractivity contribution in [1.29, 1.82) is 0 Å². The van der Waals surface area contributed by atoms with Crippen molar-refractivity contribution in [2.75, 3.05) is 20.1 Å². The second kappa shape index (κ2) is 7.07. The number of aromatic nitrogens is 1. The van der Waals surface area contributed by atoms with Crippen molar-refractivity contribution in [2.24, 2.45) is 11.7 Å². The molecule has 1 aliphatic heterocycles. The number of nitrogens with two attached hydrogens (primary N) is 1. The summed E-state index contributed by atoms with van der Waals surface area (Å²) in [5.41, 5.74) is 11.3. The minimum absolute atomic E-state index is 0.158. The first-order valence-electron chi connectivity index (χ1n) is 10.2. The van der Waals surface area contributed by atoms with Crippen molar-refractivity contribution < 1.29 is 4.79 Å². The largest absolute Gasteiger partial charge is 0.368 e. The maximum absolute atomic E-state index is 12.6. The molecule has 2 N–H and O–H groups in total. The Hall–Kier alpha value is -1.81. The molecule has 26 heavy (non-hydrogen) atoms. The third-order valence-corrected chi connectivity index (χ3v) is 6.52. The smallest absolute Gasteiger partial charge is 0.240 e. The van der Waals surface area contributed by atoms with Gasteiger partial charge in [-0.2, -0.15) is 0 Å². The molecule has 1 aliphatic carbocycles. The summed E-state index contributed by atoms with van der Waals surface area (Å²) in [5, 5.41) is 1.33. The van der Waals surface area contributed by atoms with Crippen LogP contribution in [0.15, 0.2) is 18.2 Å². The Balaban J connectivity index is 1.91. The number of amides is 1. The van der Waals surface area contributed by atoms with E-state index in [0.29, 0.717) is 5.92 Å². The van der Waals surface area contributed by atoms with Gasteiger partial charge in [0.15, 0.2) is 0 Å². The van der Waals surface area contributed by atoms with E-state index in [1.165, 1.54) is 47.0 Å². The molecule has 1 saturated carbocycles. The Kier molecular flexibility index (Phi) is 4.78. The lowest BCUT2D eigenvalue weighted by Crippen LogP contribution is -2.35. The van der Waals surface area contributed by atoms with Crippen LogP contribution in [0.1, 0.15) is 55.0 Å². The molecule has 0 saturated heterocycles. The summed E-state index contributed by atoms with van der Waals surface area (Å²) >= 11 is 0. The molecule has 1 atom stereocenters. The molecule has 1 amide bonds. The summed E-state index contributed by atoms with van der Waals surface area (Å²) in [4.78, 5) is 15.0. The molecule has 2 aliphatic rings. The van der Waals surface area contributed by atoms with Gasteiger partial charge in [-0.15, -0.1) is 0 Å². The SMILES string of the molecule is Cc1ccc2c(c1)c1c(n2C(C(N)=O)C2CCCCC2)CCN(C)CC1. The summed E-state index contributed by atoms with van der Waals surface area (Å²) in [5.74, 6) is 0.220. The van der Waals surface area contributed by atoms with Crippen LogP contribution in [0.3, 0.4) is 0 Å². The quantitative estimate of drug-likeness (QED) is 0.917. The topological polar surface area (TPSA) is 51.3 Å². The molecule has 2 heterocycles. The Labute approximate surface area is 156 Å². The fraction of sp³-hybridized carbons (Fsp3) is 0.591. The number of fused-ring (bicyclic) bond motifs is 3. The lowest BCUT2D eigenvalue weighted by atomic mass is 9.83. The second-order valence-corrected chi connectivity index (χ2v) is 8.36. The van der Waals surface area contributed by atoms with E-state index in [0.717, 1.165) is 38.8 Å². The lowest BCUT2D eigenvalue weighted by molar-refractivity contribution is -0.123. The molecule has 2 aromatic rings. The highest BCUT2D eigenvalue weighted by Crippen LogP contribution is 2.39. The fourth-order valence-electron chi connectivity index (χ4n) is 5.15. The zero-order valence-corrected chi connectivity index (χ0v) is 16.1. The number of aryl methyl sites for hydroxylation is 1. The normalized spacial score (nSPS) is 20.7. The molecule has 4 heteroatoms. The van der Waals surface area contributed by atoms with Crippen molar-refractivity contribution in [3.63, 3.8) is 0 Å². The molecule has 0 spiro atoms. The first-order chi connectivity index (χ1) is 12.6. The maximum atomic E-state index is 12.6. The van der Waals surface area contributed by atoms with Crippen LogP contribution in [0.5, 0.6) is 0 Å². The number of likely N-dealkylation sites (N-methyl/N-ethyl adjacent to an activating group) is 1. The molecule has 4 rings (SSSR count). The standard InChI is InChI=1S/C22H31N3O/c1-15-8-9-19-18(14-15)17-10-12-24(2)13-11-20(17)25(19)21(22(23)26)16-6-4-3-5-7-16/h8-9,14,16,21H,3-7,10-13H2,1-2H3,(H2,23,26). The summed E-state index contributed by atoms with van der Waals surface area (Å²) in [6.45, 7) is 4.27. The Bertz CT molecular complexity index is 816. The van der Waals surface area contributed by atoms with Gasteiger partial charge >= 0.3 is 0 Å². The zero-order chi connectivity index (χ0) is 18.3. The fourth-order valence-corrected chi connectivity index (χ4v) is 5.15. The number of carbonyl (C=O) groups is 1. The zero-order valence-electron chi connectivity index (χ0n) is 16.1. The van der Waals surface area contributed by atoms with Crippen LogP contribution in [0.2, 0.25) is 0 Å². The van der Waals surface area contributed by atoms with Gasteiger partial charge in [-0.3, -0.25) is 4.79 Å². The van der Waals surface area contributed by atoms with Crippen LogP contribution in [0.4, 0.5) is 0 Å². The molecular weight excluding hydrogens is 322 g/mol. The van der Waals surface area contributed by atoms with Crippen LogP contribution in [0, 0.1) is 12.8 Å². The highest BCUT2D eigenvalue weighted by atomic mass is 16.1. The van der Waals surface area contributed by atoms with Crippen molar-refractivity contribution in [2.45, 2.75) is 57.9 Å². The molecular formula is C22H31N3O. The monoisotopic (exact) mass is 353 g/mol. The number of nitrogens with zero attached hydrogens (tertiary/aromatic N) is 2. The maximum Gasteiger partial charge on any atom is 0.240 e. The van der Waals surface area contributed by atoms with Gasteiger partial charge < -0.3 is 15.2 Å². The van der Waals surface area contributed by atoms with Crippen molar-refractivity contribution in [1.82, 2.24) is 9.47 Å². The van der Waals surface area contributed by atoms with E-state index in [4.69, 9.17) is 5.73 Å². The van der Waals surface area contributed by atoms with E-state index in [1.807, 2.05) is 0 Å². The third kappa shape index (κ3) is 3.05. The number of benzene rings is 1. The highest BCUT2D eigenvalue weighted by molar-refractivity contribution is 5.89. The van der Waals surface area contributed by atoms with Crippen LogP contribution < -0.4 is 5.73 Å². The van der Waals surface area contributed by atoms with Gasteiger partial charge in [0.2, 0.25) is 5.91 Å². The molecule has 1 aromatic carbocycles. The Morgan fingerprint density at radius 2 is 1.88 bits per heavy atom. The first-order valence-corrected chi connectivity index (χ1v) is 10.2. The van der Waals surface area contributed by atoms with E-state index in [-0.39, 0.29) is 11.9 Å². The summed E-state index contributed by atoms with van der Waals surface area (Å²) in [7, 11) is 2.19. The Morgan fingerprint density at radius 3 is 2.62 bits per heavy atom. The van der Waals surface area contributed by atoms with Crippen LogP contribution in [-0.2, 0) is 17.6 Å². The molecule has 0 bridgehead atoms. The van der Waals surface area contributed by atoms with Crippen LogP contribution >= 0.6 is 0 Å². The van der Waals surface area contributed by atoms with Crippen molar-refractivity contribution in [3.05, 3.63) is 35.0 Å². The summed E-state index contributed by atoms with van der Waals surface area (Å²) < 4.78 is 2.35. The van der Waals surface area contributed by atoms with Crippen molar-refractivity contribution in [3.8, 4) is 0 Å². The molecule has 4 nitrogen and oxygen atoms in total. The Morgan fingerprint density at radius 1 is 1.15 bits per heavy atom. The molecule has 140 valence electrons. The average Bonchev–Trinajstić information content (AvgIpc) is 2.77. The van der Waals surface area contributed by atoms with Crippen LogP contribution in [0.25, 0.3) is 10.9 Å². The minimum atomic E-state index is -0.201. The van der Waals surface area contributed by atoms with E-state index < -0.39 is 0 Å². The highest BCUT2D eigenvalue weighted by Gasteiger charge is 2.33. The first kappa shape index (κ1) is 17.6. The predicted molar refractivity (Wildman–Crippen MR) is 106 cm³/mol. The van der Waals surface area contributed by atoms with Crippen LogP contribution in [-0.4, -0.2) is 35.5 Å². The van der Waals surface area contributed by atoms with Gasteiger partial charge in [0, 0.05) is 36.1 Å². The summed E-state index contributed by atoms with van der Waals surface area (Å²) in [6.07, 6.45) is 8.01. The lowest BCUT2D eigenvalue weighted by Gasteiger charge is -2.31. The van der Waals surface area contributed by atoms with E-state index in [9.17, 15) is 4.79 Å². The second-order valence-electron chi connectivity index (χ2n) is 8.36. The average molecular weight is 354 g/mol. The molecule has 0 radical (unpaired) electrons. The van der Waals surface area contributed by atoms with Gasteiger partial charge in [0.05, 0.1) is 0 Å². The number of hydrogen-bond donors (Lipinski definition) is 1. The van der Waals surface area contributed by atoms with Gasteiger partial charge in [-0.05, 0) is 56.8 Å². The van der Waals surface area contributed by atoms with E-state index in [2.05, 4.69) is 41.6 Å². The third-order valence-electron chi connectivity index (χ3n) is 6.52. The predicted octanol–water partition coefficient (Wildman–Crippen LogP) is 3.59. The van der Waals surface area contributed by atoms with E-state index in [1.54, 1.807) is 0 Å².